The molecular formula is C27H33FN4O6S. The number of nitrogens with one attached hydrogen (secondary N) is 1. The first-order chi connectivity index (χ1) is 18.5. The van der Waals surface area contributed by atoms with Gasteiger partial charge in [-0.05, 0) is 36.2 Å². The lowest BCUT2D eigenvalue weighted by Crippen LogP contribution is -2.57. The zero-order chi connectivity index (χ0) is 28.2. The first-order valence-electron chi connectivity index (χ1n) is 12.7. The van der Waals surface area contributed by atoms with Crippen LogP contribution in [0, 0.1) is 5.82 Å². The summed E-state index contributed by atoms with van der Waals surface area (Å²) in [6.07, 6.45) is 1.87. The van der Waals surface area contributed by atoms with E-state index in [0.29, 0.717) is 5.56 Å². The molecule has 1 saturated heterocycles. The van der Waals surface area contributed by atoms with Gasteiger partial charge < -0.3 is 19.9 Å². The van der Waals surface area contributed by atoms with Crippen molar-refractivity contribution in [2.24, 2.45) is 0 Å². The van der Waals surface area contributed by atoms with Crippen molar-refractivity contribution < 1.29 is 31.9 Å². The number of sulfonamides is 1. The minimum Gasteiger partial charge on any atom is -0.369 e. The number of carbonyl (C=O) groups is 3. The first-order valence-corrected chi connectivity index (χ1v) is 14.6. The van der Waals surface area contributed by atoms with E-state index in [2.05, 4.69) is 5.32 Å². The van der Waals surface area contributed by atoms with Gasteiger partial charge in [-0.15, -0.1) is 0 Å². The van der Waals surface area contributed by atoms with Gasteiger partial charge in [0.05, 0.1) is 12.9 Å². The second-order valence-corrected chi connectivity index (χ2v) is 11.9. The Morgan fingerprint density at radius 1 is 1.05 bits per heavy atom. The first kappa shape index (κ1) is 28.7. The van der Waals surface area contributed by atoms with Gasteiger partial charge in [-0.25, -0.2) is 12.8 Å². The van der Waals surface area contributed by atoms with Crippen molar-refractivity contribution in [2.75, 3.05) is 52.7 Å². The largest absolute Gasteiger partial charge is 0.369 e. The van der Waals surface area contributed by atoms with Crippen LogP contribution >= 0.6 is 0 Å². The number of piperazine rings is 1. The maximum Gasteiger partial charge on any atom is 0.254 e. The van der Waals surface area contributed by atoms with Crippen LogP contribution in [0.5, 0.6) is 0 Å². The number of ether oxygens (including phenoxy) is 1. The molecule has 2 fully saturated rings. The van der Waals surface area contributed by atoms with Crippen molar-refractivity contribution in [3.8, 4) is 0 Å². The zero-order valence-electron chi connectivity index (χ0n) is 22.0. The van der Waals surface area contributed by atoms with Gasteiger partial charge in [-0.2, -0.15) is 4.31 Å². The molecule has 0 aromatic heterocycles. The molecule has 4 rings (SSSR count). The number of likely N-dealkylation sites (N-methyl/N-ethyl adjacent to an activating group) is 1. The number of rotatable bonds is 10. The number of carbonyl (C=O) groups excluding carboxylic acids is 3. The summed E-state index contributed by atoms with van der Waals surface area (Å²) in [4.78, 5) is 41.9. The second-order valence-electron chi connectivity index (χ2n) is 9.87. The predicted molar refractivity (Wildman–Crippen MR) is 142 cm³/mol. The number of hydrogen-bond donors (Lipinski definition) is 1. The van der Waals surface area contributed by atoms with Crippen molar-refractivity contribution in [3.05, 3.63) is 71.5 Å². The van der Waals surface area contributed by atoms with Gasteiger partial charge in [0.2, 0.25) is 21.8 Å². The van der Waals surface area contributed by atoms with E-state index in [4.69, 9.17) is 4.74 Å². The Kier molecular flexibility index (Phi) is 8.98. The lowest BCUT2D eigenvalue weighted by atomic mass is 10.1. The summed E-state index contributed by atoms with van der Waals surface area (Å²) in [5, 5.41) is 2.88. The molecule has 2 aliphatic rings. The van der Waals surface area contributed by atoms with Crippen molar-refractivity contribution >= 4 is 27.7 Å². The van der Waals surface area contributed by atoms with Gasteiger partial charge in [-0.3, -0.25) is 14.4 Å². The number of benzene rings is 2. The van der Waals surface area contributed by atoms with E-state index in [-0.39, 0.29) is 74.9 Å². The van der Waals surface area contributed by atoms with Crippen molar-refractivity contribution in [1.82, 2.24) is 19.4 Å². The fourth-order valence-corrected chi connectivity index (χ4v) is 5.50. The quantitative estimate of drug-likeness (QED) is 0.465. The SMILES string of the molecule is CN(C(=O)c1ccccc1)[C@@H](COCC(=O)N[C@@H]1C[C@H]1c1ccc(F)cc1)C(=O)N1CCN(S(C)(=O)=O)CC1. The smallest absolute Gasteiger partial charge is 0.254 e. The van der Waals surface area contributed by atoms with Crippen LogP contribution in [0.4, 0.5) is 4.39 Å². The molecule has 1 saturated carbocycles. The third-order valence-corrected chi connectivity index (χ3v) is 8.36. The third kappa shape index (κ3) is 7.40. The van der Waals surface area contributed by atoms with E-state index in [0.717, 1.165) is 18.2 Å². The van der Waals surface area contributed by atoms with Gasteiger partial charge >= 0.3 is 0 Å². The van der Waals surface area contributed by atoms with Gasteiger partial charge in [0, 0.05) is 50.7 Å². The van der Waals surface area contributed by atoms with Crippen molar-refractivity contribution in [3.63, 3.8) is 0 Å². The topological polar surface area (TPSA) is 116 Å². The number of halogens is 1. The summed E-state index contributed by atoms with van der Waals surface area (Å²) in [6, 6.07) is 13.6. The molecule has 1 aliphatic carbocycles. The second kappa shape index (κ2) is 12.2. The number of hydrogen-bond acceptors (Lipinski definition) is 6. The average molecular weight is 561 g/mol. The van der Waals surface area contributed by atoms with Crippen LogP contribution in [0.3, 0.4) is 0 Å². The lowest BCUT2D eigenvalue weighted by Gasteiger charge is -2.37. The van der Waals surface area contributed by atoms with E-state index >= 15 is 0 Å². The predicted octanol–water partition coefficient (Wildman–Crippen LogP) is 1.06. The van der Waals surface area contributed by atoms with E-state index in [1.165, 1.54) is 33.3 Å². The molecular weight excluding hydrogens is 527 g/mol. The Morgan fingerprint density at radius 2 is 1.69 bits per heavy atom. The van der Waals surface area contributed by atoms with Crippen LogP contribution in [-0.2, 0) is 24.3 Å². The molecule has 210 valence electrons. The fraction of sp³-hybridized carbons (Fsp3) is 0.444. The molecule has 1 aliphatic heterocycles. The van der Waals surface area contributed by atoms with E-state index < -0.39 is 16.1 Å². The van der Waals surface area contributed by atoms with Gasteiger partial charge in [0.15, 0.2) is 0 Å². The van der Waals surface area contributed by atoms with Crippen LogP contribution in [0.2, 0.25) is 0 Å². The molecule has 1 N–H and O–H groups in total. The molecule has 0 unspecified atom stereocenters. The Labute approximate surface area is 227 Å². The van der Waals surface area contributed by atoms with Crippen LogP contribution in [0.1, 0.15) is 28.3 Å². The van der Waals surface area contributed by atoms with Crippen LogP contribution in [0.15, 0.2) is 54.6 Å². The average Bonchev–Trinajstić information content (AvgIpc) is 3.69. The highest BCUT2D eigenvalue weighted by Gasteiger charge is 2.39. The maximum absolute atomic E-state index is 13.5. The third-order valence-electron chi connectivity index (χ3n) is 7.06. The summed E-state index contributed by atoms with van der Waals surface area (Å²) in [6.45, 7) is 0.178. The Morgan fingerprint density at radius 3 is 2.31 bits per heavy atom. The fourth-order valence-electron chi connectivity index (χ4n) is 4.67. The van der Waals surface area contributed by atoms with E-state index in [9.17, 15) is 27.2 Å². The molecule has 3 amide bonds. The summed E-state index contributed by atoms with van der Waals surface area (Å²) < 4.78 is 43.8. The van der Waals surface area contributed by atoms with Crippen molar-refractivity contribution in [1.29, 1.82) is 0 Å². The standard InChI is InChI=1S/C27H33FN4O6S/c1-30(26(34)20-6-4-3-5-7-20)24(27(35)31-12-14-32(15-13-31)39(2,36)37)17-38-18-25(33)29-23-16-22(23)19-8-10-21(28)11-9-19/h3-11,22-24H,12-18H2,1-2H3,(H,29,33)/t22-,23+,24-/m0/s1. The summed E-state index contributed by atoms with van der Waals surface area (Å²) in [7, 11) is -1.86. The van der Waals surface area contributed by atoms with Crippen LogP contribution in [0.25, 0.3) is 0 Å². The zero-order valence-corrected chi connectivity index (χ0v) is 22.8. The highest BCUT2D eigenvalue weighted by atomic mass is 32.2. The molecule has 0 radical (unpaired) electrons. The normalized spacial score (nSPS) is 20.2. The highest BCUT2D eigenvalue weighted by Crippen LogP contribution is 2.40. The van der Waals surface area contributed by atoms with Crippen molar-refractivity contribution in [2.45, 2.75) is 24.4 Å². The molecule has 2 aromatic rings. The van der Waals surface area contributed by atoms with Gasteiger partial charge in [0.25, 0.3) is 5.91 Å². The highest BCUT2D eigenvalue weighted by molar-refractivity contribution is 7.88. The summed E-state index contributed by atoms with van der Waals surface area (Å²) >= 11 is 0. The molecule has 2 aromatic carbocycles. The van der Waals surface area contributed by atoms with Crippen LogP contribution < -0.4 is 5.32 Å². The molecule has 12 heteroatoms. The monoisotopic (exact) mass is 560 g/mol. The molecule has 0 bridgehead atoms. The van der Waals surface area contributed by atoms with Gasteiger partial charge in [-0.1, -0.05) is 30.3 Å². The number of amides is 3. The summed E-state index contributed by atoms with van der Waals surface area (Å²) in [5.74, 6) is -1.31. The molecule has 10 nitrogen and oxygen atoms in total. The molecule has 1 heterocycles. The van der Waals surface area contributed by atoms with E-state index in [1.54, 1.807) is 42.5 Å². The number of nitrogens with zero attached hydrogens (tertiary/aromatic N) is 3. The molecule has 39 heavy (non-hydrogen) atoms. The summed E-state index contributed by atoms with van der Waals surface area (Å²) in [5.41, 5.74) is 1.35. The van der Waals surface area contributed by atoms with Gasteiger partial charge in [0.1, 0.15) is 18.5 Å². The van der Waals surface area contributed by atoms with E-state index in [1.807, 2.05) is 0 Å². The molecule has 0 spiro atoms. The lowest BCUT2D eigenvalue weighted by molar-refractivity contribution is -0.140. The minimum atomic E-state index is -3.37. The minimum absolute atomic E-state index is 0.0718. The Balaban J connectivity index is 1.35. The Bertz CT molecular complexity index is 1280. The Hall–Kier alpha value is -3.35. The maximum atomic E-state index is 13.5. The molecule has 3 atom stereocenters. The van der Waals surface area contributed by atoms with Crippen LogP contribution in [-0.4, -0.2) is 105 Å².